The molecule has 0 aromatic heterocycles. The number of aliphatic imine (C=N–C) groups is 1. The van der Waals surface area contributed by atoms with Gasteiger partial charge in [0.25, 0.3) is 0 Å². The SMILES string of the molecule is NC(=O)CC=NC1OC(COP(=O)(O)OP(=O)(O)OP(=O)(O)O)C(O)C1F. The van der Waals surface area contributed by atoms with Gasteiger partial charge in [-0.25, -0.2) is 18.1 Å². The molecule has 1 rings (SSSR count). The van der Waals surface area contributed by atoms with Crippen molar-refractivity contribution in [3.05, 3.63) is 0 Å². The van der Waals surface area contributed by atoms with E-state index in [1.165, 1.54) is 0 Å². The van der Waals surface area contributed by atoms with E-state index in [1.807, 2.05) is 0 Å². The maximum Gasteiger partial charge on any atom is 0.490 e. The number of hydrogen-bond donors (Lipinski definition) is 6. The smallest absolute Gasteiger partial charge is 0.387 e. The number of primary amides is 1. The number of carbonyl (C=O) groups is 1. The molecule has 1 amide bonds. The Bertz CT molecular complexity index is 712. The number of nitrogens with two attached hydrogens (primary N) is 1. The van der Waals surface area contributed by atoms with Crippen molar-refractivity contribution >= 4 is 35.6 Å². The van der Waals surface area contributed by atoms with Crippen molar-refractivity contribution in [3.63, 3.8) is 0 Å². The number of amides is 1. The van der Waals surface area contributed by atoms with Crippen molar-refractivity contribution in [3.8, 4) is 0 Å². The molecule has 0 bridgehead atoms. The van der Waals surface area contributed by atoms with Crippen LogP contribution in [0.4, 0.5) is 4.39 Å². The lowest BCUT2D eigenvalue weighted by atomic mass is 10.1. The molecule has 0 aromatic carbocycles. The number of aliphatic hydroxyl groups excluding tert-OH is 1. The molecule has 0 aromatic rings. The number of nitrogens with zero attached hydrogens (tertiary/aromatic N) is 1. The lowest BCUT2D eigenvalue weighted by Gasteiger charge is -2.18. The van der Waals surface area contributed by atoms with Crippen molar-refractivity contribution in [2.75, 3.05) is 6.61 Å². The van der Waals surface area contributed by atoms with Crippen LogP contribution >= 0.6 is 23.5 Å². The lowest BCUT2D eigenvalue weighted by molar-refractivity contribution is -0.116. The quantitative estimate of drug-likeness (QED) is 0.164. The molecule has 1 saturated heterocycles. The van der Waals surface area contributed by atoms with Crippen LogP contribution in [0.15, 0.2) is 4.99 Å². The van der Waals surface area contributed by atoms with E-state index in [0.29, 0.717) is 0 Å². The molecule has 0 spiro atoms. The van der Waals surface area contributed by atoms with Gasteiger partial charge in [0.1, 0.15) is 12.2 Å². The van der Waals surface area contributed by atoms with Crippen LogP contribution in [0.3, 0.4) is 0 Å². The Morgan fingerprint density at radius 3 is 2.30 bits per heavy atom. The molecule has 0 saturated carbocycles. The second-order valence-corrected chi connectivity index (χ2v) is 9.31. The molecule has 158 valence electrons. The summed E-state index contributed by atoms with van der Waals surface area (Å²) in [5.41, 5.74) is 4.84. The van der Waals surface area contributed by atoms with Crippen LogP contribution in [0.25, 0.3) is 0 Å². The Labute approximate surface area is 150 Å². The number of phosphoric ester groups is 1. The van der Waals surface area contributed by atoms with E-state index in [9.17, 15) is 32.9 Å². The average Bonchev–Trinajstić information content (AvgIpc) is 2.69. The second-order valence-electron chi connectivity index (χ2n) is 4.89. The molecular weight excluding hydrogens is 444 g/mol. The zero-order valence-corrected chi connectivity index (χ0v) is 15.7. The molecule has 1 fully saturated rings. The first-order valence-corrected chi connectivity index (χ1v) is 11.2. The Kier molecular flexibility index (Phi) is 8.39. The predicted molar refractivity (Wildman–Crippen MR) is 81.7 cm³/mol. The first kappa shape index (κ1) is 24.4. The largest absolute Gasteiger partial charge is 0.490 e. The summed E-state index contributed by atoms with van der Waals surface area (Å²) in [5, 5.41) is 9.63. The summed E-state index contributed by atoms with van der Waals surface area (Å²) in [5.74, 6) is -0.767. The van der Waals surface area contributed by atoms with Gasteiger partial charge in [0.2, 0.25) is 5.91 Å². The van der Waals surface area contributed by atoms with E-state index in [2.05, 4.69) is 18.1 Å². The van der Waals surface area contributed by atoms with Gasteiger partial charge in [0.05, 0.1) is 13.0 Å². The minimum absolute atomic E-state index is 0.338. The molecule has 15 nitrogen and oxygen atoms in total. The van der Waals surface area contributed by atoms with Gasteiger partial charge < -0.3 is 35.2 Å². The van der Waals surface area contributed by atoms with Crippen LogP contribution in [-0.4, -0.2) is 68.0 Å². The fraction of sp³-hybridized carbons (Fsp3) is 0.750. The lowest BCUT2D eigenvalue weighted by Crippen LogP contribution is -2.31. The summed E-state index contributed by atoms with van der Waals surface area (Å²) < 4.78 is 63.0. The van der Waals surface area contributed by atoms with E-state index < -0.39 is 60.6 Å². The Morgan fingerprint density at radius 1 is 1.19 bits per heavy atom. The average molecular weight is 460 g/mol. The monoisotopic (exact) mass is 460 g/mol. The molecule has 0 radical (unpaired) electrons. The zero-order valence-electron chi connectivity index (χ0n) is 13.0. The summed E-state index contributed by atoms with van der Waals surface area (Å²) in [6.45, 7) is -1.05. The van der Waals surface area contributed by atoms with E-state index >= 15 is 0 Å². The highest BCUT2D eigenvalue weighted by atomic mass is 31.3. The van der Waals surface area contributed by atoms with Crippen molar-refractivity contribution in [1.29, 1.82) is 0 Å². The zero-order chi connectivity index (χ0) is 21.0. The van der Waals surface area contributed by atoms with Gasteiger partial charge in [0.15, 0.2) is 12.4 Å². The number of alkyl halides is 1. The third-order valence-electron chi connectivity index (χ3n) is 2.66. The van der Waals surface area contributed by atoms with Crippen LogP contribution in [0.5, 0.6) is 0 Å². The summed E-state index contributed by atoms with van der Waals surface area (Å²) in [6, 6.07) is 0. The third kappa shape index (κ3) is 8.96. The molecule has 6 unspecified atom stereocenters. The Balaban J connectivity index is 2.64. The van der Waals surface area contributed by atoms with Gasteiger partial charge in [0, 0.05) is 6.21 Å². The molecule has 19 heteroatoms. The fourth-order valence-electron chi connectivity index (χ4n) is 1.68. The Hall–Kier alpha value is -0.600. The van der Waals surface area contributed by atoms with Crippen LogP contribution in [-0.2, 0) is 36.4 Å². The van der Waals surface area contributed by atoms with E-state index in [1.54, 1.807) is 0 Å². The van der Waals surface area contributed by atoms with E-state index in [4.69, 9.17) is 25.2 Å². The first-order valence-electron chi connectivity index (χ1n) is 6.68. The molecule has 0 aliphatic carbocycles. The van der Waals surface area contributed by atoms with E-state index in [0.717, 1.165) is 6.21 Å². The van der Waals surface area contributed by atoms with Gasteiger partial charge in [-0.2, -0.15) is 8.62 Å². The number of carbonyl (C=O) groups excluding carboxylic acids is 1. The highest BCUT2D eigenvalue weighted by Gasteiger charge is 2.46. The summed E-state index contributed by atoms with van der Waals surface area (Å²) in [6.07, 6.45) is -6.59. The standard InChI is InChI=1S/C8H16FN2O13P3/c9-6-7(13)4(22-8(6)11-2-1-5(10)12)3-21-26(17,18)24-27(19,20)23-25(14,15)16/h2,4,6-8,13H,1,3H2,(H2,10,12)(H,17,18)(H,19,20)(H2,14,15,16). The fourth-order valence-corrected chi connectivity index (χ4v) is 4.71. The Morgan fingerprint density at radius 2 is 1.78 bits per heavy atom. The first-order chi connectivity index (χ1) is 12.1. The summed E-state index contributed by atoms with van der Waals surface area (Å²) in [7, 11) is -16.7. The maximum atomic E-state index is 13.8. The molecule has 6 atom stereocenters. The molecule has 7 N–H and O–H groups in total. The molecule has 1 heterocycles. The normalized spacial score (nSPS) is 30.9. The van der Waals surface area contributed by atoms with Gasteiger partial charge in [-0.1, -0.05) is 0 Å². The summed E-state index contributed by atoms with van der Waals surface area (Å²) >= 11 is 0. The maximum absolute atomic E-state index is 13.8. The number of ether oxygens (including phenoxy) is 1. The number of aliphatic hydroxyl groups is 1. The number of phosphoric acid groups is 3. The number of halogens is 1. The van der Waals surface area contributed by atoms with Gasteiger partial charge >= 0.3 is 23.5 Å². The highest BCUT2D eigenvalue weighted by molar-refractivity contribution is 7.66. The summed E-state index contributed by atoms with van der Waals surface area (Å²) in [4.78, 5) is 49.0. The van der Waals surface area contributed by atoms with Crippen molar-refractivity contribution in [1.82, 2.24) is 0 Å². The third-order valence-corrected chi connectivity index (χ3v) is 6.46. The van der Waals surface area contributed by atoms with Gasteiger partial charge in [-0.3, -0.25) is 14.3 Å². The van der Waals surface area contributed by atoms with Crippen LogP contribution < -0.4 is 5.73 Å². The van der Waals surface area contributed by atoms with Crippen LogP contribution in [0.1, 0.15) is 6.42 Å². The second kappa shape index (κ2) is 9.27. The van der Waals surface area contributed by atoms with E-state index in [-0.39, 0.29) is 6.42 Å². The van der Waals surface area contributed by atoms with Gasteiger partial charge in [-0.15, -0.1) is 0 Å². The number of rotatable bonds is 10. The minimum Gasteiger partial charge on any atom is -0.387 e. The minimum atomic E-state index is -5.71. The molecule has 27 heavy (non-hydrogen) atoms. The molecular formula is C8H16FN2O13P3. The topological polar surface area (TPSA) is 245 Å². The predicted octanol–water partition coefficient (Wildman–Crippen LogP) is -1.30. The highest BCUT2D eigenvalue weighted by Crippen LogP contribution is 2.66. The van der Waals surface area contributed by atoms with Gasteiger partial charge in [-0.05, 0) is 0 Å². The van der Waals surface area contributed by atoms with Crippen molar-refractivity contribution in [2.45, 2.75) is 31.0 Å². The van der Waals surface area contributed by atoms with Crippen LogP contribution in [0, 0.1) is 0 Å². The molecule has 1 aliphatic rings. The molecule has 1 aliphatic heterocycles. The van der Waals surface area contributed by atoms with Crippen molar-refractivity contribution in [2.24, 2.45) is 10.7 Å². The van der Waals surface area contributed by atoms with Crippen LogP contribution in [0.2, 0.25) is 0 Å². The number of hydrogen-bond acceptors (Lipinski definition) is 10. The van der Waals surface area contributed by atoms with Crippen molar-refractivity contribution < 1.29 is 65.4 Å².